The lowest BCUT2D eigenvalue weighted by atomic mass is 10.0. The Hall–Kier alpha value is -2.37. The number of rotatable bonds is 54. The molecular formula is C61H112O6. The highest BCUT2D eigenvalue weighted by molar-refractivity contribution is 5.71. The monoisotopic (exact) mass is 941 g/mol. The van der Waals surface area contributed by atoms with Gasteiger partial charge < -0.3 is 14.2 Å². The molecule has 0 saturated carbocycles. The van der Waals surface area contributed by atoms with E-state index in [4.69, 9.17) is 14.2 Å². The molecule has 0 aromatic carbocycles. The van der Waals surface area contributed by atoms with Crippen molar-refractivity contribution < 1.29 is 28.6 Å². The van der Waals surface area contributed by atoms with Gasteiger partial charge in [0.25, 0.3) is 0 Å². The van der Waals surface area contributed by atoms with Gasteiger partial charge in [0, 0.05) is 19.3 Å². The molecule has 0 heterocycles. The van der Waals surface area contributed by atoms with Crippen LogP contribution in [-0.4, -0.2) is 37.2 Å². The molecule has 0 aliphatic rings. The van der Waals surface area contributed by atoms with Gasteiger partial charge in [0.2, 0.25) is 0 Å². The van der Waals surface area contributed by atoms with E-state index < -0.39 is 6.10 Å². The lowest BCUT2D eigenvalue weighted by Crippen LogP contribution is -2.30. The highest BCUT2D eigenvalue weighted by atomic mass is 16.6. The minimum absolute atomic E-state index is 0.0730. The van der Waals surface area contributed by atoms with Gasteiger partial charge in [0.15, 0.2) is 6.10 Å². The van der Waals surface area contributed by atoms with Crippen LogP contribution in [0, 0.1) is 0 Å². The lowest BCUT2D eigenvalue weighted by molar-refractivity contribution is -0.167. The summed E-state index contributed by atoms with van der Waals surface area (Å²) in [6.45, 7) is 6.65. The van der Waals surface area contributed by atoms with Gasteiger partial charge in [-0.2, -0.15) is 0 Å². The minimum atomic E-state index is -0.775. The Balaban J connectivity index is 4.35. The normalized spacial score (nSPS) is 12.2. The van der Waals surface area contributed by atoms with Gasteiger partial charge in [-0.15, -0.1) is 0 Å². The first-order chi connectivity index (χ1) is 33.0. The summed E-state index contributed by atoms with van der Waals surface area (Å²) >= 11 is 0. The molecule has 6 heteroatoms. The maximum atomic E-state index is 12.9. The van der Waals surface area contributed by atoms with Gasteiger partial charge in [-0.25, -0.2) is 0 Å². The van der Waals surface area contributed by atoms with E-state index in [0.717, 1.165) is 70.6 Å². The maximum absolute atomic E-state index is 12.9. The fraction of sp³-hybridized carbons (Fsp3) is 0.852. The van der Waals surface area contributed by atoms with E-state index in [2.05, 4.69) is 57.2 Å². The van der Waals surface area contributed by atoms with E-state index in [1.54, 1.807) is 0 Å². The number of hydrogen-bond acceptors (Lipinski definition) is 6. The molecule has 1 atom stereocenters. The number of allylic oxidation sites excluding steroid dienone is 6. The summed E-state index contributed by atoms with van der Waals surface area (Å²) in [7, 11) is 0. The van der Waals surface area contributed by atoms with Crippen molar-refractivity contribution in [2.75, 3.05) is 13.2 Å². The van der Waals surface area contributed by atoms with Gasteiger partial charge in [0.05, 0.1) is 0 Å². The third-order valence-electron chi connectivity index (χ3n) is 13.1. The maximum Gasteiger partial charge on any atom is 0.306 e. The van der Waals surface area contributed by atoms with Gasteiger partial charge in [0.1, 0.15) is 13.2 Å². The number of esters is 3. The van der Waals surface area contributed by atoms with Crippen LogP contribution in [0.1, 0.15) is 316 Å². The van der Waals surface area contributed by atoms with E-state index >= 15 is 0 Å². The Bertz CT molecular complexity index is 1130. The zero-order valence-electron chi connectivity index (χ0n) is 44.9. The van der Waals surface area contributed by atoms with Crippen molar-refractivity contribution in [3.05, 3.63) is 36.5 Å². The standard InChI is InChI=1S/C61H112O6/c1-4-7-10-13-16-19-22-25-28-30-32-33-36-39-42-45-48-51-54-60(63)66-57-58(56-65-59(62)53-50-47-44-41-38-35-27-24-21-18-15-12-9-6-3)67-61(64)55-52-49-46-43-40-37-34-31-29-26-23-20-17-14-11-8-5-2/h17,20,26,28-30,58H,4-16,18-19,21-25,27,31-57H2,1-3H3/b20-17-,29-26-,30-28-. The molecule has 0 N–H and O–H groups in total. The number of carbonyl (C=O) groups excluding carboxylic acids is 3. The highest BCUT2D eigenvalue weighted by Crippen LogP contribution is 2.16. The second-order valence-electron chi connectivity index (χ2n) is 19.9. The van der Waals surface area contributed by atoms with Gasteiger partial charge in [-0.1, -0.05) is 256 Å². The zero-order valence-corrected chi connectivity index (χ0v) is 44.9. The molecule has 0 rings (SSSR count). The molecule has 0 aliphatic heterocycles. The first kappa shape index (κ1) is 64.6. The SMILES string of the molecule is CCCCC/C=C\C/C=C\CCCCCCCCCC(=O)OC(COC(=O)CCCCCCCCC/C=C\CCCCCCCCC)COC(=O)CCCCCCCCCCCCCCCC. The Morgan fingerprint density at radius 1 is 0.299 bits per heavy atom. The van der Waals surface area contributed by atoms with E-state index in [-0.39, 0.29) is 31.1 Å². The number of carbonyl (C=O) groups is 3. The second kappa shape index (κ2) is 56.2. The van der Waals surface area contributed by atoms with Crippen LogP contribution < -0.4 is 0 Å². The summed E-state index contributed by atoms with van der Waals surface area (Å²) in [6, 6.07) is 0. The smallest absolute Gasteiger partial charge is 0.306 e. The molecule has 0 amide bonds. The average molecular weight is 942 g/mol. The molecule has 0 spiro atoms. The topological polar surface area (TPSA) is 78.9 Å². The summed E-state index contributed by atoms with van der Waals surface area (Å²) in [5.41, 5.74) is 0. The summed E-state index contributed by atoms with van der Waals surface area (Å²) < 4.78 is 16.9. The van der Waals surface area contributed by atoms with E-state index in [1.807, 2.05) is 0 Å². The van der Waals surface area contributed by atoms with Gasteiger partial charge >= 0.3 is 17.9 Å². The van der Waals surface area contributed by atoms with E-state index in [1.165, 1.54) is 205 Å². The average Bonchev–Trinajstić information content (AvgIpc) is 3.33. The molecule has 0 aromatic rings. The van der Waals surface area contributed by atoms with Crippen LogP contribution in [0.5, 0.6) is 0 Å². The number of ether oxygens (including phenoxy) is 3. The molecule has 1 unspecified atom stereocenters. The van der Waals surface area contributed by atoms with Gasteiger partial charge in [-0.05, 0) is 77.0 Å². The Morgan fingerprint density at radius 2 is 0.537 bits per heavy atom. The van der Waals surface area contributed by atoms with Crippen LogP contribution in [0.2, 0.25) is 0 Å². The molecule has 6 nitrogen and oxygen atoms in total. The summed E-state index contributed by atoms with van der Waals surface area (Å²) in [5.74, 6) is -0.867. The summed E-state index contributed by atoms with van der Waals surface area (Å²) in [4.78, 5) is 38.2. The number of hydrogen-bond donors (Lipinski definition) is 0. The Labute approximate surface area is 416 Å². The van der Waals surface area contributed by atoms with Crippen LogP contribution in [0.15, 0.2) is 36.5 Å². The molecule has 0 saturated heterocycles. The van der Waals surface area contributed by atoms with Crippen molar-refractivity contribution in [3.8, 4) is 0 Å². The summed E-state index contributed by atoms with van der Waals surface area (Å²) in [6.07, 6.45) is 67.0. The molecule has 392 valence electrons. The lowest BCUT2D eigenvalue weighted by Gasteiger charge is -2.18. The first-order valence-corrected chi connectivity index (χ1v) is 29.5. The van der Waals surface area contributed by atoms with Crippen LogP contribution >= 0.6 is 0 Å². The van der Waals surface area contributed by atoms with E-state index in [0.29, 0.717) is 19.3 Å². The van der Waals surface area contributed by atoms with Crippen LogP contribution in [-0.2, 0) is 28.6 Å². The number of unbranched alkanes of at least 4 members (excludes halogenated alkanes) is 37. The first-order valence-electron chi connectivity index (χ1n) is 29.5. The quantitative estimate of drug-likeness (QED) is 0.0262. The summed E-state index contributed by atoms with van der Waals surface area (Å²) in [5, 5.41) is 0. The van der Waals surface area contributed by atoms with Crippen molar-refractivity contribution in [1.29, 1.82) is 0 Å². The van der Waals surface area contributed by atoms with Crippen molar-refractivity contribution in [2.45, 2.75) is 322 Å². The molecule has 0 aliphatic carbocycles. The molecule has 67 heavy (non-hydrogen) atoms. The molecular weight excluding hydrogens is 829 g/mol. The minimum Gasteiger partial charge on any atom is -0.462 e. The van der Waals surface area contributed by atoms with E-state index in [9.17, 15) is 14.4 Å². The molecule has 0 fully saturated rings. The van der Waals surface area contributed by atoms with Crippen molar-refractivity contribution >= 4 is 17.9 Å². The largest absolute Gasteiger partial charge is 0.462 e. The Kier molecular flexibility index (Phi) is 54.2. The third kappa shape index (κ3) is 54.4. The third-order valence-corrected chi connectivity index (χ3v) is 13.1. The van der Waals surface area contributed by atoms with Crippen LogP contribution in [0.3, 0.4) is 0 Å². The second-order valence-corrected chi connectivity index (χ2v) is 19.9. The van der Waals surface area contributed by atoms with Crippen molar-refractivity contribution in [1.82, 2.24) is 0 Å². The van der Waals surface area contributed by atoms with Gasteiger partial charge in [-0.3, -0.25) is 14.4 Å². The Morgan fingerprint density at radius 3 is 0.866 bits per heavy atom. The fourth-order valence-electron chi connectivity index (χ4n) is 8.65. The predicted molar refractivity (Wildman–Crippen MR) is 289 cm³/mol. The molecule has 0 aromatic heterocycles. The molecule has 0 radical (unpaired) electrons. The predicted octanol–water partition coefficient (Wildman–Crippen LogP) is 19.7. The molecule has 0 bridgehead atoms. The fourth-order valence-corrected chi connectivity index (χ4v) is 8.65. The van der Waals surface area contributed by atoms with Crippen molar-refractivity contribution in [3.63, 3.8) is 0 Å². The van der Waals surface area contributed by atoms with Crippen molar-refractivity contribution in [2.24, 2.45) is 0 Å². The highest BCUT2D eigenvalue weighted by Gasteiger charge is 2.19. The van der Waals surface area contributed by atoms with Crippen LogP contribution in [0.4, 0.5) is 0 Å². The van der Waals surface area contributed by atoms with Crippen LogP contribution in [0.25, 0.3) is 0 Å². The zero-order chi connectivity index (χ0) is 48.6.